The van der Waals surface area contributed by atoms with Crippen LogP contribution < -0.4 is 5.32 Å². The molecule has 32 heavy (non-hydrogen) atoms. The van der Waals surface area contributed by atoms with Crippen molar-refractivity contribution in [3.63, 3.8) is 0 Å². The van der Waals surface area contributed by atoms with Crippen LogP contribution in [0, 0.1) is 5.82 Å². The molecule has 0 fully saturated rings. The average Bonchev–Trinajstić information content (AvgIpc) is 2.94. The molecule has 4 aromatic rings. The Bertz CT molecular complexity index is 1350. The third-order valence-electron chi connectivity index (χ3n) is 5.67. The van der Waals surface area contributed by atoms with Crippen molar-refractivity contribution < 1.29 is 14.0 Å². The van der Waals surface area contributed by atoms with Gasteiger partial charge in [-0.05, 0) is 52.7 Å². The fourth-order valence-electron chi connectivity index (χ4n) is 4.24. The zero-order valence-corrected chi connectivity index (χ0v) is 18.5. The van der Waals surface area contributed by atoms with Gasteiger partial charge in [0.2, 0.25) is 5.91 Å². The molecule has 1 N–H and O–H groups in total. The second kappa shape index (κ2) is 8.20. The fraction of sp³-hybridized carbons (Fsp3) is 0.0769. The van der Waals surface area contributed by atoms with Gasteiger partial charge in [0.15, 0.2) is 0 Å². The van der Waals surface area contributed by atoms with Crippen LogP contribution in [0.4, 0.5) is 10.1 Å². The summed E-state index contributed by atoms with van der Waals surface area (Å²) in [7, 11) is 0. The van der Waals surface area contributed by atoms with Gasteiger partial charge in [-0.3, -0.25) is 9.59 Å². The van der Waals surface area contributed by atoms with E-state index in [1.54, 1.807) is 29.2 Å². The van der Waals surface area contributed by atoms with Crippen LogP contribution in [0.2, 0.25) is 0 Å². The maximum Gasteiger partial charge on any atom is 0.255 e. The van der Waals surface area contributed by atoms with E-state index in [1.165, 1.54) is 12.1 Å². The molecule has 0 spiro atoms. The van der Waals surface area contributed by atoms with Crippen LogP contribution in [-0.4, -0.2) is 23.3 Å². The molecule has 0 bridgehead atoms. The summed E-state index contributed by atoms with van der Waals surface area (Å²) in [5.74, 6) is -0.913. The van der Waals surface area contributed by atoms with Gasteiger partial charge in [-0.25, -0.2) is 4.39 Å². The van der Waals surface area contributed by atoms with Gasteiger partial charge in [-0.2, -0.15) is 0 Å². The molecule has 4 aromatic carbocycles. The Hall–Kier alpha value is -3.51. The molecule has 0 radical (unpaired) electrons. The van der Waals surface area contributed by atoms with E-state index in [4.69, 9.17) is 0 Å². The summed E-state index contributed by atoms with van der Waals surface area (Å²) in [4.78, 5) is 28.3. The molecule has 0 aliphatic carbocycles. The number of hydrogen-bond acceptors (Lipinski definition) is 2. The van der Waals surface area contributed by atoms with Crippen LogP contribution in [-0.2, 0) is 4.79 Å². The summed E-state index contributed by atoms with van der Waals surface area (Å²) in [6, 6.07) is 24.2. The predicted octanol–water partition coefficient (Wildman–Crippen LogP) is 5.93. The summed E-state index contributed by atoms with van der Waals surface area (Å²) in [5.41, 5.74) is 2.61. The summed E-state index contributed by atoms with van der Waals surface area (Å²) in [6.07, 6.45) is 0. The van der Waals surface area contributed by atoms with Gasteiger partial charge >= 0.3 is 0 Å². The Morgan fingerprint density at radius 3 is 2.53 bits per heavy atom. The summed E-state index contributed by atoms with van der Waals surface area (Å²) in [5, 5.41) is 4.67. The number of nitrogens with zero attached hydrogens (tertiary/aromatic N) is 1. The number of nitrogens with one attached hydrogen (secondary N) is 1. The topological polar surface area (TPSA) is 49.4 Å². The number of hydrogen-bond donors (Lipinski definition) is 1. The number of benzene rings is 4. The van der Waals surface area contributed by atoms with Gasteiger partial charge in [0.1, 0.15) is 12.4 Å². The van der Waals surface area contributed by atoms with Crippen molar-refractivity contribution in [3.8, 4) is 0 Å². The number of halogens is 2. The van der Waals surface area contributed by atoms with Crippen LogP contribution in [0.25, 0.3) is 10.8 Å². The van der Waals surface area contributed by atoms with E-state index in [0.717, 1.165) is 26.4 Å². The minimum absolute atomic E-state index is 0.129. The summed E-state index contributed by atoms with van der Waals surface area (Å²) in [6.45, 7) is -0.129. The molecule has 0 saturated carbocycles. The zero-order chi connectivity index (χ0) is 22.2. The number of fused-ring (bicyclic) bond motifs is 2. The van der Waals surface area contributed by atoms with E-state index >= 15 is 0 Å². The van der Waals surface area contributed by atoms with Crippen LogP contribution in [0.15, 0.2) is 89.4 Å². The Kier molecular flexibility index (Phi) is 5.23. The molecule has 1 unspecified atom stereocenters. The minimum atomic E-state index is -0.575. The summed E-state index contributed by atoms with van der Waals surface area (Å²) < 4.78 is 14.5. The van der Waals surface area contributed by atoms with Crippen molar-refractivity contribution in [2.24, 2.45) is 0 Å². The molecule has 158 valence electrons. The third kappa shape index (κ3) is 3.67. The molecule has 1 heterocycles. The Morgan fingerprint density at radius 2 is 1.72 bits per heavy atom. The largest absolute Gasteiger partial charge is 0.324 e. The highest BCUT2D eigenvalue weighted by molar-refractivity contribution is 9.10. The zero-order valence-electron chi connectivity index (χ0n) is 16.9. The molecule has 2 amide bonds. The lowest BCUT2D eigenvalue weighted by Gasteiger charge is -2.31. The number of rotatable bonds is 2. The SMILES string of the molecule is O=C1CN(C(=O)c2cccc3ccccc23)C(c2ccc(F)cc2)c2cc(Br)ccc2N1. The van der Waals surface area contributed by atoms with E-state index in [-0.39, 0.29) is 24.2 Å². The first kappa shape index (κ1) is 20.4. The number of anilines is 1. The maximum absolute atomic E-state index is 13.9. The first-order valence-corrected chi connectivity index (χ1v) is 10.9. The van der Waals surface area contributed by atoms with Crippen LogP contribution >= 0.6 is 15.9 Å². The lowest BCUT2D eigenvalue weighted by molar-refractivity contribution is -0.117. The lowest BCUT2D eigenvalue weighted by Crippen LogP contribution is -2.39. The molecule has 1 aliphatic heterocycles. The maximum atomic E-state index is 13.9. The molecule has 4 nitrogen and oxygen atoms in total. The van der Waals surface area contributed by atoms with Gasteiger partial charge in [-0.1, -0.05) is 64.5 Å². The van der Waals surface area contributed by atoms with Gasteiger partial charge < -0.3 is 10.2 Å². The average molecular weight is 489 g/mol. The highest BCUT2D eigenvalue weighted by atomic mass is 79.9. The van der Waals surface area contributed by atoms with Gasteiger partial charge in [0.25, 0.3) is 5.91 Å². The van der Waals surface area contributed by atoms with E-state index in [9.17, 15) is 14.0 Å². The van der Waals surface area contributed by atoms with Crippen molar-refractivity contribution in [3.05, 3.63) is 112 Å². The standard InChI is InChI=1S/C26H18BrFN2O2/c27-18-10-13-23-22(14-18)25(17-8-11-19(28)12-9-17)30(15-24(31)29-23)26(32)21-7-3-5-16-4-1-2-6-20(16)21/h1-14,25H,15H2,(H,29,31). The second-order valence-corrected chi connectivity index (χ2v) is 8.61. The van der Waals surface area contributed by atoms with E-state index in [2.05, 4.69) is 21.2 Å². The van der Waals surface area contributed by atoms with Crippen LogP contribution in [0.3, 0.4) is 0 Å². The van der Waals surface area contributed by atoms with Crippen molar-refractivity contribution in [1.29, 1.82) is 0 Å². The van der Waals surface area contributed by atoms with Crippen LogP contribution in [0.5, 0.6) is 0 Å². The smallest absolute Gasteiger partial charge is 0.255 e. The quantitative estimate of drug-likeness (QED) is 0.380. The van der Waals surface area contributed by atoms with Gasteiger partial charge in [0.05, 0.1) is 6.04 Å². The predicted molar refractivity (Wildman–Crippen MR) is 126 cm³/mol. The van der Waals surface area contributed by atoms with Crippen molar-refractivity contribution in [1.82, 2.24) is 4.90 Å². The minimum Gasteiger partial charge on any atom is -0.324 e. The molecule has 5 rings (SSSR count). The lowest BCUT2D eigenvalue weighted by atomic mass is 9.94. The van der Waals surface area contributed by atoms with Crippen molar-refractivity contribution in [2.45, 2.75) is 6.04 Å². The summed E-state index contributed by atoms with van der Waals surface area (Å²) >= 11 is 3.50. The van der Waals surface area contributed by atoms with E-state index < -0.39 is 6.04 Å². The van der Waals surface area contributed by atoms with Crippen molar-refractivity contribution in [2.75, 3.05) is 11.9 Å². The molecule has 0 aromatic heterocycles. The molecule has 1 aliphatic rings. The molecular weight excluding hydrogens is 471 g/mol. The van der Waals surface area contributed by atoms with Gasteiger partial charge in [-0.15, -0.1) is 0 Å². The fourth-order valence-corrected chi connectivity index (χ4v) is 4.62. The first-order chi connectivity index (χ1) is 15.5. The van der Waals surface area contributed by atoms with E-state index in [1.807, 2.05) is 48.5 Å². The number of carbonyl (C=O) groups is 2. The van der Waals surface area contributed by atoms with Crippen LogP contribution in [0.1, 0.15) is 27.5 Å². The van der Waals surface area contributed by atoms with Gasteiger partial charge in [0, 0.05) is 21.3 Å². The van der Waals surface area contributed by atoms with E-state index in [0.29, 0.717) is 11.3 Å². The monoisotopic (exact) mass is 488 g/mol. The molecule has 6 heteroatoms. The molecule has 1 atom stereocenters. The molecule has 0 saturated heterocycles. The second-order valence-electron chi connectivity index (χ2n) is 7.69. The number of amides is 2. The highest BCUT2D eigenvalue weighted by Crippen LogP contribution is 2.38. The normalized spacial score (nSPS) is 15.8. The Labute approximate surface area is 192 Å². The Balaban J connectivity index is 1.71. The third-order valence-corrected chi connectivity index (χ3v) is 6.17. The highest BCUT2D eigenvalue weighted by Gasteiger charge is 2.34. The number of carbonyl (C=O) groups excluding carboxylic acids is 2. The first-order valence-electron chi connectivity index (χ1n) is 10.1. The molecular formula is C26H18BrFN2O2. The van der Waals surface area contributed by atoms with Crippen molar-refractivity contribution >= 4 is 44.2 Å². The Morgan fingerprint density at radius 1 is 0.969 bits per heavy atom.